The van der Waals surface area contributed by atoms with Crippen LogP contribution < -0.4 is 0 Å². The van der Waals surface area contributed by atoms with Gasteiger partial charge in [-0.1, -0.05) is 12.8 Å². The molecule has 1 aromatic rings. The number of Topliss-reactive ketones (excluding diaryl/α,β-unsaturated/α-hetero) is 1. The molecule has 1 aliphatic rings. The highest BCUT2D eigenvalue weighted by atomic mass is 16.2. The Labute approximate surface area is 113 Å². The van der Waals surface area contributed by atoms with E-state index in [1.165, 1.54) is 0 Å². The maximum atomic E-state index is 12.5. The molecule has 1 aliphatic heterocycles. The van der Waals surface area contributed by atoms with Crippen molar-refractivity contribution in [2.24, 2.45) is 7.05 Å². The summed E-state index contributed by atoms with van der Waals surface area (Å²) < 4.78 is 1.77. The molecule has 19 heavy (non-hydrogen) atoms. The van der Waals surface area contributed by atoms with E-state index < -0.39 is 0 Å². The smallest absolute Gasteiger partial charge is 0.274 e. The third kappa shape index (κ3) is 3.43. The van der Waals surface area contributed by atoms with Crippen LogP contribution in [0, 0.1) is 0 Å². The maximum absolute atomic E-state index is 12.5. The van der Waals surface area contributed by atoms with E-state index in [1.54, 1.807) is 24.0 Å². The molecule has 1 aromatic heterocycles. The molecule has 5 heteroatoms. The number of ketones is 1. The lowest BCUT2D eigenvalue weighted by atomic mass is 10.0. The molecule has 104 valence electrons. The fourth-order valence-electron chi connectivity index (χ4n) is 2.66. The van der Waals surface area contributed by atoms with Crippen LogP contribution in [-0.4, -0.2) is 38.7 Å². The number of carbonyl (C=O) groups is 2. The van der Waals surface area contributed by atoms with Crippen molar-refractivity contribution in [3.05, 3.63) is 18.2 Å². The van der Waals surface area contributed by atoms with Gasteiger partial charge in [0, 0.05) is 32.3 Å². The Morgan fingerprint density at radius 1 is 1.37 bits per heavy atom. The maximum Gasteiger partial charge on any atom is 0.274 e. The van der Waals surface area contributed by atoms with Gasteiger partial charge in [0.2, 0.25) is 0 Å². The van der Waals surface area contributed by atoms with Gasteiger partial charge in [0.1, 0.15) is 11.5 Å². The van der Waals surface area contributed by atoms with Crippen molar-refractivity contribution < 1.29 is 9.59 Å². The number of rotatable bonds is 3. The molecular weight excluding hydrogens is 242 g/mol. The number of aryl methyl sites for hydroxylation is 1. The van der Waals surface area contributed by atoms with Crippen molar-refractivity contribution in [2.45, 2.75) is 45.1 Å². The standard InChI is InChI=1S/C14H21N3O2/c1-11(18)8-12-6-4-3-5-7-17(12)14(19)13-9-16(2)10-15-13/h9-10,12H,3-8H2,1-2H3. The molecule has 0 aliphatic carbocycles. The SMILES string of the molecule is CC(=O)CC1CCCCCN1C(=O)c1cn(C)cn1. The van der Waals surface area contributed by atoms with Gasteiger partial charge in [0.25, 0.3) is 5.91 Å². The molecule has 2 rings (SSSR count). The minimum atomic E-state index is -0.0475. The minimum Gasteiger partial charge on any atom is -0.340 e. The van der Waals surface area contributed by atoms with Crippen molar-refractivity contribution in [1.82, 2.24) is 14.5 Å². The second-order valence-electron chi connectivity index (χ2n) is 5.33. The van der Waals surface area contributed by atoms with Crippen LogP contribution in [0.5, 0.6) is 0 Å². The number of amides is 1. The van der Waals surface area contributed by atoms with E-state index in [2.05, 4.69) is 4.98 Å². The minimum absolute atomic E-state index is 0.0366. The predicted octanol–water partition coefficient (Wildman–Crippen LogP) is 1.78. The van der Waals surface area contributed by atoms with Gasteiger partial charge in [0.05, 0.1) is 6.33 Å². The molecule has 0 aromatic carbocycles. The van der Waals surface area contributed by atoms with Gasteiger partial charge in [-0.05, 0) is 19.8 Å². The second-order valence-corrected chi connectivity index (χ2v) is 5.33. The molecule has 1 atom stereocenters. The van der Waals surface area contributed by atoms with Crippen LogP contribution in [0.2, 0.25) is 0 Å². The van der Waals surface area contributed by atoms with Crippen LogP contribution in [0.15, 0.2) is 12.5 Å². The van der Waals surface area contributed by atoms with Crippen LogP contribution in [0.1, 0.15) is 49.5 Å². The fraction of sp³-hybridized carbons (Fsp3) is 0.643. The number of likely N-dealkylation sites (tertiary alicyclic amines) is 1. The topological polar surface area (TPSA) is 55.2 Å². The molecule has 1 saturated heterocycles. The van der Waals surface area contributed by atoms with Gasteiger partial charge in [-0.25, -0.2) is 4.98 Å². The Morgan fingerprint density at radius 3 is 2.79 bits per heavy atom. The van der Waals surface area contributed by atoms with E-state index in [4.69, 9.17) is 0 Å². The van der Waals surface area contributed by atoms with E-state index in [1.807, 2.05) is 11.9 Å². The average Bonchev–Trinajstić information content (AvgIpc) is 2.65. The summed E-state index contributed by atoms with van der Waals surface area (Å²) in [4.78, 5) is 29.8. The summed E-state index contributed by atoms with van der Waals surface area (Å²) in [6, 6.07) is 0.0366. The van der Waals surface area contributed by atoms with Crippen LogP contribution >= 0.6 is 0 Å². The summed E-state index contributed by atoms with van der Waals surface area (Å²) >= 11 is 0. The summed E-state index contributed by atoms with van der Waals surface area (Å²) in [5.74, 6) is 0.0967. The number of hydrogen-bond donors (Lipinski definition) is 0. The van der Waals surface area contributed by atoms with Crippen LogP contribution in [0.4, 0.5) is 0 Å². The van der Waals surface area contributed by atoms with E-state index >= 15 is 0 Å². The highest BCUT2D eigenvalue weighted by molar-refractivity contribution is 5.92. The van der Waals surface area contributed by atoms with Crippen molar-refractivity contribution >= 4 is 11.7 Å². The highest BCUT2D eigenvalue weighted by Gasteiger charge is 2.28. The van der Waals surface area contributed by atoms with Gasteiger partial charge in [-0.3, -0.25) is 9.59 Å². The number of aromatic nitrogens is 2. The lowest BCUT2D eigenvalue weighted by Gasteiger charge is -2.28. The van der Waals surface area contributed by atoms with Gasteiger partial charge in [0.15, 0.2) is 0 Å². The summed E-state index contributed by atoms with van der Waals surface area (Å²) in [6.07, 6.45) is 7.96. The molecule has 1 unspecified atom stereocenters. The molecule has 0 N–H and O–H groups in total. The molecule has 1 fully saturated rings. The fourth-order valence-corrected chi connectivity index (χ4v) is 2.66. The number of imidazole rings is 1. The second kappa shape index (κ2) is 5.99. The Morgan fingerprint density at radius 2 is 2.16 bits per heavy atom. The van der Waals surface area contributed by atoms with E-state index in [9.17, 15) is 9.59 Å². The third-order valence-electron chi connectivity index (χ3n) is 3.59. The zero-order chi connectivity index (χ0) is 13.8. The van der Waals surface area contributed by atoms with Crippen molar-refractivity contribution in [3.8, 4) is 0 Å². The summed E-state index contributed by atoms with van der Waals surface area (Å²) in [6.45, 7) is 2.32. The van der Waals surface area contributed by atoms with E-state index in [-0.39, 0.29) is 17.7 Å². The first kappa shape index (κ1) is 13.8. The molecule has 0 bridgehead atoms. The first-order chi connectivity index (χ1) is 9.08. The summed E-state index contributed by atoms with van der Waals surface area (Å²) in [5.41, 5.74) is 0.470. The van der Waals surface area contributed by atoms with Gasteiger partial charge in [-0.2, -0.15) is 0 Å². The van der Waals surface area contributed by atoms with Crippen LogP contribution in [0.3, 0.4) is 0 Å². The van der Waals surface area contributed by atoms with E-state index in [0.29, 0.717) is 12.1 Å². The van der Waals surface area contributed by atoms with Gasteiger partial charge in [-0.15, -0.1) is 0 Å². The summed E-state index contributed by atoms with van der Waals surface area (Å²) in [5, 5.41) is 0. The van der Waals surface area contributed by atoms with Crippen LogP contribution in [0.25, 0.3) is 0 Å². The molecule has 5 nitrogen and oxygen atoms in total. The van der Waals surface area contributed by atoms with Crippen molar-refractivity contribution in [1.29, 1.82) is 0 Å². The van der Waals surface area contributed by atoms with Crippen molar-refractivity contribution in [3.63, 3.8) is 0 Å². The van der Waals surface area contributed by atoms with Crippen molar-refractivity contribution in [2.75, 3.05) is 6.54 Å². The predicted molar refractivity (Wildman–Crippen MR) is 71.8 cm³/mol. The largest absolute Gasteiger partial charge is 0.340 e. The molecule has 0 spiro atoms. The first-order valence-corrected chi connectivity index (χ1v) is 6.86. The lowest BCUT2D eigenvalue weighted by Crippen LogP contribution is -2.41. The number of nitrogens with zero attached hydrogens (tertiary/aromatic N) is 3. The molecule has 0 saturated carbocycles. The molecular formula is C14H21N3O2. The monoisotopic (exact) mass is 263 g/mol. The van der Waals surface area contributed by atoms with E-state index in [0.717, 1.165) is 32.2 Å². The van der Waals surface area contributed by atoms with Crippen LogP contribution in [-0.2, 0) is 11.8 Å². The zero-order valence-electron chi connectivity index (χ0n) is 11.6. The first-order valence-electron chi connectivity index (χ1n) is 6.86. The normalized spacial score (nSPS) is 20.1. The molecule has 1 amide bonds. The Kier molecular flexibility index (Phi) is 4.35. The zero-order valence-corrected chi connectivity index (χ0v) is 11.6. The third-order valence-corrected chi connectivity index (χ3v) is 3.59. The summed E-state index contributed by atoms with van der Waals surface area (Å²) in [7, 11) is 1.85. The van der Waals surface area contributed by atoms with Gasteiger partial charge < -0.3 is 9.47 Å². The number of hydrogen-bond acceptors (Lipinski definition) is 3. The molecule has 2 heterocycles. The number of carbonyl (C=O) groups excluding carboxylic acids is 2. The van der Waals surface area contributed by atoms with Gasteiger partial charge >= 0.3 is 0 Å². The highest BCUT2D eigenvalue weighted by Crippen LogP contribution is 2.21. The lowest BCUT2D eigenvalue weighted by molar-refractivity contribution is -0.118. The Bertz CT molecular complexity index is 467. The Hall–Kier alpha value is -1.65. The Balaban J connectivity index is 2.17. The quantitative estimate of drug-likeness (QED) is 0.835. The molecule has 0 radical (unpaired) electrons. The average molecular weight is 263 g/mol.